The van der Waals surface area contributed by atoms with E-state index in [2.05, 4.69) is 29.5 Å². The lowest BCUT2D eigenvalue weighted by Crippen LogP contribution is -2.47. The first-order valence-electron chi connectivity index (χ1n) is 8.36. The molecule has 23 heavy (non-hydrogen) atoms. The fourth-order valence-corrected chi connectivity index (χ4v) is 2.36. The summed E-state index contributed by atoms with van der Waals surface area (Å²) in [6, 6.07) is 0.268. The molecule has 1 rings (SSSR count). The summed E-state index contributed by atoms with van der Waals surface area (Å²) in [5, 5.41) is 15.9. The highest BCUT2D eigenvalue weighted by Gasteiger charge is 2.34. The third kappa shape index (κ3) is 6.74. The standard InChI is InChI=1S/C16H32N4O3/c1-5-13(2)19-15(17-10-14(22)20(3)4)18-11-16(6-8-21)7-9-23-12-16/h13,21H,5-12H2,1-4H3,(H2,17,18,19). The number of nitrogens with one attached hydrogen (secondary N) is 2. The maximum Gasteiger partial charge on any atom is 0.243 e. The molecule has 1 amide bonds. The first-order valence-corrected chi connectivity index (χ1v) is 8.36. The minimum atomic E-state index is -0.0573. The van der Waals surface area contributed by atoms with E-state index in [1.165, 1.54) is 4.90 Å². The van der Waals surface area contributed by atoms with E-state index in [1.807, 2.05) is 0 Å². The quantitative estimate of drug-likeness (QED) is 0.438. The Morgan fingerprint density at radius 2 is 2.22 bits per heavy atom. The Morgan fingerprint density at radius 3 is 2.74 bits per heavy atom. The van der Waals surface area contributed by atoms with Gasteiger partial charge in [0.1, 0.15) is 6.54 Å². The van der Waals surface area contributed by atoms with Crippen LogP contribution in [-0.2, 0) is 9.53 Å². The van der Waals surface area contributed by atoms with Gasteiger partial charge < -0.3 is 25.4 Å². The number of amides is 1. The topological polar surface area (TPSA) is 86.2 Å². The molecule has 0 aromatic heterocycles. The van der Waals surface area contributed by atoms with Crippen LogP contribution >= 0.6 is 0 Å². The van der Waals surface area contributed by atoms with E-state index in [9.17, 15) is 9.90 Å². The van der Waals surface area contributed by atoms with E-state index in [-0.39, 0.29) is 30.5 Å². The first-order chi connectivity index (χ1) is 10.9. The summed E-state index contributed by atoms with van der Waals surface area (Å²) in [6.45, 7) is 6.48. The van der Waals surface area contributed by atoms with Gasteiger partial charge in [-0.15, -0.1) is 0 Å². The van der Waals surface area contributed by atoms with Crippen molar-refractivity contribution >= 4 is 11.9 Å². The van der Waals surface area contributed by atoms with Crippen LogP contribution in [0.4, 0.5) is 0 Å². The van der Waals surface area contributed by atoms with Gasteiger partial charge in [-0.3, -0.25) is 4.79 Å². The molecule has 0 radical (unpaired) electrons. The van der Waals surface area contributed by atoms with E-state index >= 15 is 0 Å². The normalized spacial score (nSPS) is 22.7. The molecule has 1 saturated heterocycles. The number of hydrogen-bond acceptors (Lipinski definition) is 4. The molecule has 3 N–H and O–H groups in total. The number of aliphatic imine (C=N–C) groups is 1. The van der Waals surface area contributed by atoms with Crippen molar-refractivity contribution in [2.45, 2.75) is 39.2 Å². The molecule has 2 atom stereocenters. The summed E-state index contributed by atoms with van der Waals surface area (Å²) >= 11 is 0. The lowest BCUT2D eigenvalue weighted by molar-refractivity contribution is -0.127. The van der Waals surface area contributed by atoms with Crippen LogP contribution in [0.3, 0.4) is 0 Å². The maximum atomic E-state index is 11.7. The predicted octanol–water partition coefficient (Wildman–Crippen LogP) is 0.197. The Bertz CT molecular complexity index is 393. The number of rotatable bonds is 8. The number of aliphatic hydroxyl groups is 1. The highest BCUT2D eigenvalue weighted by Crippen LogP contribution is 2.31. The highest BCUT2D eigenvalue weighted by molar-refractivity contribution is 5.84. The van der Waals surface area contributed by atoms with Crippen LogP contribution in [0.15, 0.2) is 4.99 Å². The monoisotopic (exact) mass is 328 g/mol. The van der Waals surface area contributed by atoms with Gasteiger partial charge >= 0.3 is 0 Å². The average Bonchev–Trinajstić information content (AvgIpc) is 2.98. The molecule has 0 bridgehead atoms. The Morgan fingerprint density at radius 1 is 1.48 bits per heavy atom. The van der Waals surface area contributed by atoms with E-state index < -0.39 is 0 Å². The van der Waals surface area contributed by atoms with Gasteiger partial charge in [-0.1, -0.05) is 6.92 Å². The minimum absolute atomic E-state index is 0.0375. The predicted molar refractivity (Wildman–Crippen MR) is 91.5 cm³/mol. The number of ether oxygens (including phenoxy) is 1. The van der Waals surface area contributed by atoms with Gasteiger partial charge in [0.2, 0.25) is 5.91 Å². The largest absolute Gasteiger partial charge is 0.396 e. The Balaban J connectivity index is 2.67. The summed E-state index contributed by atoms with van der Waals surface area (Å²) in [7, 11) is 3.44. The zero-order chi connectivity index (χ0) is 17.3. The van der Waals surface area contributed by atoms with Crippen LogP contribution in [0.1, 0.15) is 33.1 Å². The van der Waals surface area contributed by atoms with Crippen LogP contribution in [0.2, 0.25) is 0 Å². The van der Waals surface area contributed by atoms with Crippen molar-refractivity contribution in [3.8, 4) is 0 Å². The molecule has 0 aromatic rings. The van der Waals surface area contributed by atoms with Gasteiger partial charge in [0.25, 0.3) is 0 Å². The number of carbonyl (C=O) groups excluding carboxylic acids is 1. The first kappa shape index (κ1) is 19.7. The molecule has 0 saturated carbocycles. The third-order valence-electron chi connectivity index (χ3n) is 4.32. The van der Waals surface area contributed by atoms with Gasteiger partial charge in [0.15, 0.2) is 5.96 Å². The lowest BCUT2D eigenvalue weighted by Gasteiger charge is -2.28. The van der Waals surface area contributed by atoms with Crippen LogP contribution in [-0.4, -0.2) is 74.9 Å². The zero-order valence-electron chi connectivity index (χ0n) is 14.9. The summed E-state index contributed by atoms with van der Waals surface area (Å²) in [5.41, 5.74) is -0.0573. The third-order valence-corrected chi connectivity index (χ3v) is 4.32. The number of aliphatic hydroxyl groups excluding tert-OH is 1. The van der Waals surface area contributed by atoms with Gasteiger partial charge in [-0.05, 0) is 26.2 Å². The minimum Gasteiger partial charge on any atom is -0.396 e. The SMILES string of the molecule is CCC(C)NC(=NCC(=O)N(C)C)NCC1(CCO)CCOC1. The van der Waals surface area contributed by atoms with Crippen molar-refractivity contribution < 1.29 is 14.6 Å². The van der Waals surface area contributed by atoms with Gasteiger partial charge in [-0.25, -0.2) is 4.99 Å². The van der Waals surface area contributed by atoms with E-state index in [0.29, 0.717) is 25.5 Å². The van der Waals surface area contributed by atoms with Crippen molar-refractivity contribution in [1.29, 1.82) is 0 Å². The van der Waals surface area contributed by atoms with Crippen LogP contribution in [0.5, 0.6) is 0 Å². The van der Waals surface area contributed by atoms with Crippen molar-refractivity contribution in [3.63, 3.8) is 0 Å². The second-order valence-electron chi connectivity index (χ2n) is 6.54. The molecule has 134 valence electrons. The second kappa shape index (κ2) is 9.72. The molecule has 7 nitrogen and oxygen atoms in total. The molecular weight excluding hydrogens is 296 g/mol. The van der Waals surface area contributed by atoms with E-state index in [0.717, 1.165) is 19.4 Å². The second-order valence-corrected chi connectivity index (χ2v) is 6.54. The van der Waals surface area contributed by atoms with Crippen LogP contribution in [0.25, 0.3) is 0 Å². The molecule has 2 unspecified atom stereocenters. The van der Waals surface area contributed by atoms with E-state index in [4.69, 9.17) is 4.74 Å². The molecule has 1 heterocycles. The Hall–Kier alpha value is -1.34. The van der Waals surface area contributed by atoms with Crippen LogP contribution in [0, 0.1) is 5.41 Å². The summed E-state index contributed by atoms with van der Waals surface area (Å²) < 4.78 is 5.51. The Labute approximate surface area is 139 Å². The summed E-state index contributed by atoms with van der Waals surface area (Å²) in [5.74, 6) is 0.600. The van der Waals surface area contributed by atoms with E-state index in [1.54, 1.807) is 14.1 Å². The van der Waals surface area contributed by atoms with Gasteiger partial charge in [-0.2, -0.15) is 0 Å². The maximum absolute atomic E-state index is 11.7. The number of carbonyl (C=O) groups is 1. The van der Waals surface area contributed by atoms with Gasteiger partial charge in [0, 0.05) is 45.3 Å². The van der Waals surface area contributed by atoms with Crippen molar-refractivity contribution in [1.82, 2.24) is 15.5 Å². The highest BCUT2D eigenvalue weighted by atomic mass is 16.5. The fraction of sp³-hybridized carbons (Fsp3) is 0.875. The summed E-state index contributed by atoms with van der Waals surface area (Å²) in [6.07, 6.45) is 2.59. The molecule has 0 aliphatic carbocycles. The number of likely N-dealkylation sites (N-methyl/N-ethyl adjacent to an activating group) is 1. The molecule has 1 aliphatic rings. The lowest BCUT2D eigenvalue weighted by atomic mass is 9.84. The molecular formula is C16H32N4O3. The zero-order valence-corrected chi connectivity index (χ0v) is 14.9. The smallest absolute Gasteiger partial charge is 0.243 e. The molecule has 0 spiro atoms. The molecule has 7 heteroatoms. The summed E-state index contributed by atoms with van der Waals surface area (Å²) in [4.78, 5) is 17.7. The average molecular weight is 328 g/mol. The van der Waals surface area contributed by atoms with Crippen LogP contribution < -0.4 is 10.6 Å². The van der Waals surface area contributed by atoms with Crippen molar-refractivity contribution in [3.05, 3.63) is 0 Å². The number of nitrogens with zero attached hydrogens (tertiary/aromatic N) is 2. The molecule has 1 fully saturated rings. The Kier molecular flexibility index (Phi) is 8.33. The van der Waals surface area contributed by atoms with Crippen molar-refractivity contribution in [2.24, 2.45) is 10.4 Å². The fourth-order valence-electron chi connectivity index (χ4n) is 2.36. The number of hydrogen-bond donors (Lipinski definition) is 3. The molecule has 1 aliphatic heterocycles. The number of guanidine groups is 1. The van der Waals surface area contributed by atoms with Gasteiger partial charge in [0.05, 0.1) is 6.61 Å². The van der Waals surface area contributed by atoms with Crippen molar-refractivity contribution in [2.75, 3.05) is 47.0 Å². The molecule has 0 aromatic carbocycles.